The van der Waals surface area contributed by atoms with Crippen LogP contribution in [0.15, 0.2) is 0 Å². The lowest BCUT2D eigenvalue weighted by molar-refractivity contribution is 0.00598. The molecule has 78 valence electrons. The van der Waals surface area contributed by atoms with Crippen molar-refractivity contribution in [1.82, 2.24) is 0 Å². The van der Waals surface area contributed by atoms with Gasteiger partial charge in [0.1, 0.15) is 0 Å². The van der Waals surface area contributed by atoms with Gasteiger partial charge in [0.2, 0.25) is 0 Å². The molecule has 0 aliphatic carbocycles. The van der Waals surface area contributed by atoms with Crippen molar-refractivity contribution in [2.45, 2.75) is 61.0 Å². The summed E-state index contributed by atoms with van der Waals surface area (Å²) in [6, 6.07) is 0. The number of aliphatic hydroxyl groups is 1. The summed E-state index contributed by atoms with van der Waals surface area (Å²) in [7, 11) is 0. The summed E-state index contributed by atoms with van der Waals surface area (Å²) in [5, 5.41) is 11.8. The summed E-state index contributed by atoms with van der Waals surface area (Å²) in [6.07, 6.45) is 12.7. The number of terminal acetylenes is 1. The van der Waals surface area contributed by atoms with Crippen LogP contribution in [0.2, 0.25) is 0 Å². The molecule has 2 aliphatic rings. The van der Waals surface area contributed by atoms with Crippen molar-refractivity contribution in [2.75, 3.05) is 0 Å². The number of fused-ring (bicyclic) bond motifs is 2. The Hall–Kier alpha value is -0.130. The fourth-order valence-electron chi connectivity index (χ4n) is 2.72. The highest BCUT2D eigenvalue weighted by Gasteiger charge is 2.40. The van der Waals surface area contributed by atoms with Gasteiger partial charge in [-0.05, 0) is 32.1 Å². The van der Waals surface area contributed by atoms with Crippen molar-refractivity contribution in [3.05, 3.63) is 0 Å². The molecular weight excluding hydrogens is 192 g/mol. The molecule has 14 heavy (non-hydrogen) atoms. The minimum atomic E-state index is -0.437. The zero-order valence-corrected chi connectivity index (χ0v) is 9.35. The summed E-state index contributed by atoms with van der Waals surface area (Å²) < 4.78 is 0. The van der Waals surface area contributed by atoms with Gasteiger partial charge in [0.05, 0.1) is 5.60 Å². The lowest BCUT2D eigenvalue weighted by atomic mass is 9.82. The standard InChI is InChI=1S/C12H18OS/c1-2-3-7-12(13)8-10-5-4-6-11(9-12)14-10/h1,10-11,13H,3-9H2. The van der Waals surface area contributed by atoms with E-state index in [0.29, 0.717) is 10.5 Å². The molecule has 2 heteroatoms. The average molecular weight is 210 g/mol. The average Bonchev–Trinajstić information content (AvgIpc) is 2.14. The van der Waals surface area contributed by atoms with E-state index >= 15 is 0 Å². The maximum atomic E-state index is 10.4. The number of rotatable bonds is 2. The van der Waals surface area contributed by atoms with Crippen LogP contribution in [0.25, 0.3) is 0 Å². The molecule has 0 spiro atoms. The van der Waals surface area contributed by atoms with Crippen LogP contribution in [0.4, 0.5) is 0 Å². The van der Waals surface area contributed by atoms with Gasteiger partial charge in [-0.1, -0.05) is 6.42 Å². The first-order valence-corrected chi connectivity index (χ1v) is 6.47. The van der Waals surface area contributed by atoms with E-state index in [-0.39, 0.29) is 0 Å². The molecule has 1 N–H and O–H groups in total. The van der Waals surface area contributed by atoms with Crippen LogP contribution >= 0.6 is 11.8 Å². The Kier molecular flexibility index (Phi) is 3.09. The number of hydrogen-bond donors (Lipinski definition) is 1. The van der Waals surface area contributed by atoms with Gasteiger partial charge in [0, 0.05) is 16.9 Å². The summed E-state index contributed by atoms with van der Waals surface area (Å²) in [5.74, 6) is 2.64. The largest absolute Gasteiger partial charge is 0.390 e. The molecule has 0 aromatic carbocycles. The van der Waals surface area contributed by atoms with Gasteiger partial charge in [-0.3, -0.25) is 0 Å². The van der Waals surface area contributed by atoms with E-state index in [0.717, 1.165) is 25.7 Å². The predicted octanol–water partition coefficient (Wildman–Crippen LogP) is 2.58. The van der Waals surface area contributed by atoms with Gasteiger partial charge in [0.15, 0.2) is 0 Å². The van der Waals surface area contributed by atoms with E-state index in [2.05, 4.69) is 17.7 Å². The molecule has 0 radical (unpaired) electrons. The predicted molar refractivity (Wildman–Crippen MR) is 61.3 cm³/mol. The van der Waals surface area contributed by atoms with E-state index in [1.165, 1.54) is 19.3 Å². The van der Waals surface area contributed by atoms with Crippen LogP contribution in [0.1, 0.15) is 44.9 Å². The Balaban J connectivity index is 1.97. The maximum absolute atomic E-state index is 10.4. The number of hydrogen-bond acceptors (Lipinski definition) is 2. The van der Waals surface area contributed by atoms with Crippen LogP contribution in [-0.2, 0) is 0 Å². The molecule has 2 aliphatic heterocycles. The second kappa shape index (κ2) is 4.16. The fourth-order valence-corrected chi connectivity index (χ4v) is 4.68. The van der Waals surface area contributed by atoms with Crippen LogP contribution in [0.3, 0.4) is 0 Å². The van der Waals surface area contributed by atoms with Crippen LogP contribution < -0.4 is 0 Å². The van der Waals surface area contributed by atoms with Gasteiger partial charge in [-0.25, -0.2) is 0 Å². The molecule has 2 rings (SSSR count). The third-order valence-corrected chi connectivity index (χ3v) is 4.96. The quantitative estimate of drug-likeness (QED) is 0.707. The monoisotopic (exact) mass is 210 g/mol. The van der Waals surface area contributed by atoms with Gasteiger partial charge in [0.25, 0.3) is 0 Å². The zero-order valence-electron chi connectivity index (χ0n) is 8.54. The second-order valence-corrected chi connectivity index (χ2v) is 6.25. The normalized spacial score (nSPS) is 41.7. The molecule has 2 bridgehead atoms. The van der Waals surface area contributed by atoms with Crippen molar-refractivity contribution >= 4 is 11.8 Å². The summed E-state index contributed by atoms with van der Waals surface area (Å²) >= 11 is 2.10. The highest BCUT2D eigenvalue weighted by atomic mass is 32.2. The van der Waals surface area contributed by atoms with Gasteiger partial charge in [-0.2, -0.15) is 11.8 Å². The molecule has 0 aromatic heterocycles. The van der Waals surface area contributed by atoms with E-state index in [1.54, 1.807) is 0 Å². The van der Waals surface area contributed by atoms with Gasteiger partial charge < -0.3 is 5.11 Å². The lowest BCUT2D eigenvalue weighted by Crippen LogP contribution is -2.42. The Labute approximate surface area is 90.7 Å². The van der Waals surface area contributed by atoms with Crippen LogP contribution in [0.5, 0.6) is 0 Å². The molecule has 2 saturated heterocycles. The second-order valence-electron chi connectivity index (χ2n) is 4.65. The zero-order chi connectivity index (χ0) is 10.0. The topological polar surface area (TPSA) is 20.2 Å². The molecule has 2 unspecified atom stereocenters. The Bertz CT molecular complexity index is 231. The van der Waals surface area contributed by atoms with E-state index in [4.69, 9.17) is 6.42 Å². The summed E-state index contributed by atoms with van der Waals surface area (Å²) in [5.41, 5.74) is -0.437. The summed E-state index contributed by atoms with van der Waals surface area (Å²) in [6.45, 7) is 0. The molecule has 2 fully saturated rings. The third kappa shape index (κ3) is 2.27. The maximum Gasteiger partial charge on any atom is 0.0678 e. The first-order chi connectivity index (χ1) is 6.72. The van der Waals surface area contributed by atoms with Crippen molar-refractivity contribution < 1.29 is 5.11 Å². The Morgan fingerprint density at radius 3 is 2.57 bits per heavy atom. The molecule has 0 aromatic rings. The van der Waals surface area contributed by atoms with E-state index in [9.17, 15) is 5.11 Å². The van der Waals surface area contributed by atoms with Gasteiger partial charge >= 0.3 is 0 Å². The third-order valence-electron chi connectivity index (χ3n) is 3.39. The molecule has 2 atom stereocenters. The van der Waals surface area contributed by atoms with Crippen molar-refractivity contribution in [1.29, 1.82) is 0 Å². The highest BCUT2D eigenvalue weighted by Crippen LogP contribution is 2.46. The van der Waals surface area contributed by atoms with Crippen molar-refractivity contribution in [2.24, 2.45) is 0 Å². The summed E-state index contributed by atoms with van der Waals surface area (Å²) in [4.78, 5) is 0. The molecule has 1 nitrogen and oxygen atoms in total. The molecule has 0 amide bonds. The first kappa shape index (κ1) is 10.4. The highest BCUT2D eigenvalue weighted by molar-refractivity contribution is 8.00. The molecule has 2 heterocycles. The fraction of sp³-hybridized carbons (Fsp3) is 0.833. The molecular formula is C12H18OS. The first-order valence-electron chi connectivity index (χ1n) is 5.53. The van der Waals surface area contributed by atoms with Crippen molar-refractivity contribution in [3.63, 3.8) is 0 Å². The number of thioether (sulfide) groups is 1. The smallest absolute Gasteiger partial charge is 0.0678 e. The minimum Gasteiger partial charge on any atom is -0.390 e. The SMILES string of the molecule is C#CCCC1(O)CC2CCCC(C1)S2. The molecule has 0 saturated carbocycles. The van der Waals surface area contributed by atoms with E-state index < -0.39 is 5.60 Å². The Morgan fingerprint density at radius 1 is 1.36 bits per heavy atom. The van der Waals surface area contributed by atoms with Gasteiger partial charge in [-0.15, -0.1) is 12.3 Å². The van der Waals surface area contributed by atoms with Crippen LogP contribution in [0, 0.1) is 12.3 Å². The van der Waals surface area contributed by atoms with E-state index in [1.807, 2.05) is 0 Å². The van der Waals surface area contributed by atoms with Crippen molar-refractivity contribution in [3.8, 4) is 12.3 Å². The Morgan fingerprint density at radius 2 is 2.00 bits per heavy atom. The van der Waals surface area contributed by atoms with Crippen LogP contribution in [-0.4, -0.2) is 21.2 Å². The minimum absolute atomic E-state index is 0.437. The lowest BCUT2D eigenvalue weighted by Gasteiger charge is -2.43.